The van der Waals surface area contributed by atoms with Crippen molar-refractivity contribution in [1.82, 2.24) is 10.3 Å². The number of aromatic nitrogens is 1. The summed E-state index contributed by atoms with van der Waals surface area (Å²) >= 11 is 6.48. The van der Waals surface area contributed by atoms with Crippen LogP contribution in [0, 0.1) is 0 Å². The number of anilines is 1. The van der Waals surface area contributed by atoms with Crippen LogP contribution in [0.15, 0.2) is 66.8 Å². The summed E-state index contributed by atoms with van der Waals surface area (Å²) in [5.41, 5.74) is 6.99. The quantitative estimate of drug-likeness (QED) is 0.347. The number of nitrogens with zero attached hydrogens (tertiary/aromatic N) is 1. The van der Waals surface area contributed by atoms with Crippen LogP contribution >= 0.6 is 11.6 Å². The molecule has 0 saturated heterocycles. The Morgan fingerprint density at radius 3 is 2.76 bits per heavy atom. The van der Waals surface area contributed by atoms with Crippen molar-refractivity contribution in [2.45, 2.75) is 25.3 Å². The van der Waals surface area contributed by atoms with Gasteiger partial charge in [0.1, 0.15) is 17.2 Å². The first-order chi connectivity index (χ1) is 16.3. The number of halogens is 1. The molecule has 176 valence electrons. The van der Waals surface area contributed by atoms with Gasteiger partial charge < -0.3 is 30.9 Å². The molecule has 34 heavy (non-hydrogen) atoms. The molecule has 0 bridgehead atoms. The monoisotopic (exact) mass is 480 g/mol. The summed E-state index contributed by atoms with van der Waals surface area (Å²) in [6.45, 7) is 4.01. The molecule has 1 aliphatic rings. The summed E-state index contributed by atoms with van der Waals surface area (Å²) < 4.78 is 11.3. The first kappa shape index (κ1) is 23.3. The number of hydrogen-bond acceptors (Lipinski definition) is 7. The maximum Gasteiger partial charge on any atom is 0.252 e. The SMILES string of the molecule is C=C(Nc1ccc(Oc2ccnc3cc(OC)c(C(N)=O)cc23)cc1Cl)NC1CC=C(O)CC1. The molecule has 0 radical (unpaired) electrons. The number of nitrogens with two attached hydrogens (primary N) is 1. The van der Waals surface area contributed by atoms with Crippen molar-refractivity contribution < 1.29 is 19.4 Å². The number of rotatable bonds is 8. The molecule has 9 heteroatoms. The summed E-state index contributed by atoms with van der Waals surface area (Å²) in [5, 5.41) is 17.1. The highest BCUT2D eigenvalue weighted by Gasteiger charge is 2.16. The third-order valence-corrected chi connectivity index (χ3v) is 5.82. The summed E-state index contributed by atoms with van der Waals surface area (Å²) in [6, 6.07) is 10.4. The number of primary amides is 1. The lowest BCUT2D eigenvalue weighted by Crippen LogP contribution is -2.32. The first-order valence-electron chi connectivity index (χ1n) is 10.7. The van der Waals surface area contributed by atoms with E-state index in [1.807, 2.05) is 6.08 Å². The van der Waals surface area contributed by atoms with Crippen molar-refractivity contribution in [1.29, 1.82) is 0 Å². The van der Waals surface area contributed by atoms with Crippen LogP contribution in [0.5, 0.6) is 17.2 Å². The lowest BCUT2D eigenvalue weighted by atomic mass is 10.0. The predicted molar refractivity (Wildman–Crippen MR) is 133 cm³/mol. The van der Waals surface area contributed by atoms with E-state index in [0.717, 1.165) is 12.8 Å². The van der Waals surface area contributed by atoms with Gasteiger partial charge in [-0.05, 0) is 43.2 Å². The van der Waals surface area contributed by atoms with E-state index in [2.05, 4.69) is 22.2 Å². The van der Waals surface area contributed by atoms with Crippen LogP contribution in [-0.2, 0) is 0 Å². The molecule has 1 amide bonds. The Labute approximate surface area is 202 Å². The standard InChI is InChI=1S/C25H25ClN4O4/c1-14(29-15-3-5-16(31)6-4-15)30-21-8-7-17(11-20(21)26)34-23-9-10-28-22-13-24(33-2)19(25(27)32)12-18(22)23/h5,7-13,15,29-31H,1,3-4,6H2,2H3,(H2,27,32). The van der Waals surface area contributed by atoms with Gasteiger partial charge in [-0.1, -0.05) is 18.2 Å². The normalized spacial score (nSPS) is 15.4. The maximum absolute atomic E-state index is 11.8. The molecule has 0 fully saturated rings. The fraction of sp³-hybridized carbons (Fsp3) is 0.200. The highest BCUT2D eigenvalue weighted by atomic mass is 35.5. The van der Waals surface area contributed by atoms with E-state index in [4.69, 9.17) is 26.8 Å². The van der Waals surface area contributed by atoms with Crippen molar-refractivity contribution in [3.63, 3.8) is 0 Å². The number of fused-ring (bicyclic) bond motifs is 1. The fourth-order valence-corrected chi connectivity index (χ4v) is 4.00. The van der Waals surface area contributed by atoms with E-state index in [0.29, 0.717) is 56.9 Å². The van der Waals surface area contributed by atoms with Gasteiger partial charge >= 0.3 is 0 Å². The second-order valence-electron chi connectivity index (χ2n) is 7.90. The number of carbonyl (C=O) groups is 1. The first-order valence-corrected chi connectivity index (χ1v) is 11.1. The number of ether oxygens (including phenoxy) is 2. The van der Waals surface area contributed by atoms with Crippen molar-refractivity contribution in [3.8, 4) is 17.2 Å². The zero-order valence-electron chi connectivity index (χ0n) is 18.6. The number of aliphatic hydroxyl groups excluding tert-OH is 1. The smallest absolute Gasteiger partial charge is 0.252 e. The minimum absolute atomic E-state index is 0.196. The largest absolute Gasteiger partial charge is 0.513 e. The highest BCUT2D eigenvalue weighted by Crippen LogP contribution is 2.35. The molecular formula is C25H25ClN4O4. The average molecular weight is 481 g/mol. The van der Waals surface area contributed by atoms with Crippen LogP contribution in [0.1, 0.15) is 29.6 Å². The van der Waals surface area contributed by atoms with Gasteiger partial charge in [-0.3, -0.25) is 9.78 Å². The Hall–Kier alpha value is -3.91. The molecule has 1 atom stereocenters. The molecule has 3 aromatic rings. The maximum atomic E-state index is 11.8. The van der Waals surface area contributed by atoms with Gasteiger partial charge in [-0.25, -0.2) is 0 Å². The molecule has 5 N–H and O–H groups in total. The van der Waals surface area contributed by atoms with E-state index in [9.17, 15) is 9.90 Å². The van der Waals surface area contributed by atoms with Crippen molar-refractivity contribution >= 4 is 34.1 Å². The third-order valence-electron chi connectivity index (χ3n) is 5.51. The minimum atomic E-state index is -0.609. The number of amides is 1. The minimum Gasteiger partial charge on any atom is -0.513 e. The van der Waals surface area contributed by atoms with Crippen molar-refractivity contribution in [2.24, 2.45) is 5.73 Å². The van der Waals surface area contributed by atoms with Gasteiger partial charge in [0.05, 0.1) is 40.5 Å². The summed E-state index contributed by atoms with van der Waals surface area (Å²) in [4.78, 5) is 16.2. The van der Waals surface area contributed by atoms with Crippen LogP contribution in [0.2, 0.25) is 5.02 Å². The molecule has 1 unspecified atom stereocenters. The molecule has 0 saturated carbocycles. The second-order valence-corrected chi connectivity index (χ2v) is 8.31. The molecule has 0 aliphatic heterocycles. The number of allylic oxidation sites excluding steroid dienone is 1. The molecule has 8 nitrogen and oxygen atoms in total. The second kappa shape index (κ2) is 9.93. The molecule has 0 spiro atoms. The van der Waals surface area contributed by atoms with Crippen LogP contribution in [0.25, 0.3) is 10.9 Å². The Morgan fingerprint density at radius 2 is 2.09 bits per heavy atom. The van der Waals surface area contributed by atoms with Crippen LogP contribution in [-0.4, -0.2) is 29.1 Å². The van der Waals surface area contributed by atoms with E-state index < -0.39 is 5.91 Å². The molecule has 4 rings (SSSR count). The van der Waals surface area contributed by atoms with E-state index >= 15 is 0 Å². The Kier molecular flexibility index (Phi) is 6.79. The number of nitrogens with one attached hydrogen (secondary N) is 2. The van der Waals surface area contributed by atoms with E-state index in [1.54, 1.807) is 42.6 Å². The van der Waals surface area contributed by atoms with Gasteiger partial charge in [0.15, 0.2) is 0 Å². The Balaban J connectivity index is 1.51. The number of carbonyl (C=O) groups excluding carboxylic acids is 1. The van der Waals surface area contributed by atoms with E-state index in [1.165, 1.54) is 7.11 Å². The van der Waals surface area contributed by atoms with Gasteiger partial charge in [-0.15, -0.1) is 0 Å². The van der Waals surface area contributed by atoms with Gasteiger partial charge in [0.25, 0.3) is 5.91 Å². The molecule has 1 heterocycles. The molecular weight excluding hydrogens is 456 g/mol. The van der Waals surface area contributed by atoms with Crippen LogP contribution in [0.4, 0.5) is 5.69 Å². The topological polar surface area (TPSA) is 119 Å². The van der Waals surface area contributed by atoms with Gasteiger partial charge in [0, 0.05) is 36.2 Å². The number of methoxy groups -OCH3 is 1. The van der Waals surface area contributed by atoms with Crippen LogP contribution < -0.4 is 25.8 Å². The lowest BCUT2D eigenvalue weighted by Gasteiger charge is -2.24. The summed E-state index contributed by atoms with van der Waals surface area (Å²) in [6.07, 6.45) is 5.63. The zero-order valence-corrected chi connectivity index (χ0v) is 19.4. The van der Waals surface area contributed by atoms with Crippen LogP contribution in [0.3, 0.4) is 0 Å². The van der Waals surface area contributed by atoms with Crippen molar-refractivity contribution in [3.05, 3.63) is 77.4 Å². The van der Waals surface area contributed by atoms with Gasteiger partial charge in [-0.2, -0.15) is 0 Å². The fourth-order valence-electron chi connectivity index (χ4n) is 3.78. The third kappa shape index (κ3) is 5.18. The number of pyridine rings is 1. The number of benzene rings is 2. The summed E-state index contributed by atoms with van der Waals surface area (Å²) in [5.74, 6) is 1.78. The van der Waals surface area contributed by atoms with Crippen molar-refractivity contribution in [2.75, 3.05) is 12.4 Å². The molecule has 1 aliphatic carbocycles. The average Bonchev–Trinajstić information content (AvgIpc) is 2.81. The number of hydrogen-bond donors (Lipinski definition) is 4. The molecule has 1 aromatic heterocycles. The predicted octanol–water partition coefficient (Wildman–Crippen LogP) is 5.26. The zero-order chi connectivity index (χ0) is 24.2. The highest BCUT2D eigenvalue weighted by molar-refractivity contribution is 6.33. The number of aliphatic hydroxyl groups is 1. The Morgan fingerprint density at radius 1 is 1.26 bits per heavy atom. The summed E-state index contributed by atoms with van der Waals surface area (Å²) in [7, 11) is 1.47. The van der Waals surface area contributed by atoms with Gasteiger partial charge in [0.2, 0.25) is 0 Å². The van der Waals surface area contributed by atoms with E-state index in [-0.39, 0.29) is 11.6 Å². The molecule has 2 aromatic carbocycles. The lowest BCUT2D eigenvalue weighted by molar-refractivity contribution is 0.0997. The Bertz CT molecular complexity index is 1290.